The molecule has 3 heterocycles. The third-order valence-corrected chi connectivity index (χ3v) is 5.28. The average Bonchev–Trinajstić information content (AvgIpc) is 3.09. The van der Waals surface area contributed by atoms with Gasteiger partial charge < -0.3 is 15.4 Å². The molecule has 3 aliphatic heterocycles. The molecule has 7 heteroatoms. The first-order valence-corrected chi connectivity index (χ1v) is 8.60. The van der Waals surface area contributed by atoms with Gasteiger partial charge in [-0.05, 0) is 25.3 Å². The SMILES string of the molecule is O=C1N[C@@H](CCC2C(=O)c3ccccc3C=[N+]2[O-])C(=O)N2CCCC12. The van der Waals surface area contributed by atoms with Crippen molar-refractivity contribution < 1.29 is 19.1 Å². The fourth-order valence-corrected chi connectivity index (χ4v) is 3.97. The minimum atomic E-state index is -0.851. The van der Waals surface area contributed by atoms with Crippen LogP contribution in [-0.4, -0.2) is 58.1 Å². The van der Waals surface area contributed by atoms with Crippen molar-refractivity contribution in [3.05, 3.63) is 40.6 Å². The molecule has 1 aromatic rings. The van der Waals surface area contributed by atoms with E-state index in [1.54, 1.807) is 29.2 Å². The second-order valence-electron chi connectivity index (χ2n) is 6.78. The van der Waals surface area contributed by atoms with Crippen LogP contribution in [0.4, 0.5) is 0 Å². The molecular weight excluding hydrogens is 322 g/mol. The van der Waals surface area contributed by atoms with Gasteiger partial charge in [-0.1, -0.05) is 18.2 Å². The number of carbonyl (C=O) groups is 3. The highest BCUT2D eigenvalue weighted by Gasteiger charge is 2.43. The molecular formula is C18H19N3O4. The lowest BCUT2D eigenvalue weighted by Crippen LogP contribution is -2.61. The quantitative estimate of drug-likeness (QED) is 0.638. The first-order chi connectivity index (χ1) is 12.1. The molecule has 0 saturated carbocycles. The van der Waals surface area contributed by atoms with Gasteiger partial charge in [-0.15, -0.1) is 0 Å². The molecule has 0 radical (unpaired) electrons. The maximum Gasteiger partial charge on any atom is 0.245 e. The maximum atomic E-state index is 12.6. The summed E-state index contributed by atoms with van der Waals surface area (Å²) in [6.45, 7) is 0.602. The number of hydrogen-bond donors (Lipinski definition) is 1. The minimum absolute atomic E-state index is 0.104. The highest BCUT2D eigenvalue weighted by atomic mass is 16.5. The van der Waals surface area contributed by atoms with Gasteiger partial charge >= 0.3 is 0 Å². The van der Waals surface area contributed by atoms with E-state index in [-0.39, 0.29) is 36.5 Å². The number of ketones is 1. The molecule has 2 unspecified atom stereocenters. The van der Waals surface area contributed by atoms with E-state index >= 15 is 0 Å². The summed E-state index contributed by atoms with van der Waals surface area (Å²) in [5.74, 6) is -0.470. The first kappa shape index (κ1) is 15.8. The summed E-state index contributed by atoms with van der Waals surface area (Å²) in [5, 5.41) is 15.0. The summed E-state index contributed by atoms with van der Waals surface area (Å²) in [4.78, 5) is 38.8. The third-order valence-electron chi connectivity index (χ3n) is 5.28. The van der Waals surface area contributed by atoms with Gasteiger partial charge in [0.05, 0.1) is 5.56 Å². The fourth-order valence-electron chi connectivity index (χ4n) is 3.97. The van der Waals surface area contributed by atoms with Gasteiger partial charge in [0.15, 0.2) is 6.21 Å². The zero-order chi connectivity index (χ0) is 17.6. The Labute approximate surface area is 144 Å². The van der Waals surface area contributed by atoms with Crippen molar-refractivity contribution in [2.24, 2.45) is 0 Å². The molecule has 4 rings (SSSR count). The number of nitrogens with one attached hydrogen (secondary N) is 1. The van der Waals surface area contributed by atoms with Gasteiger partial charge in [0.2, 0.25) is 23.6 Å². The van der Waals surface area contributed by atoms with Gasteiger partial charge in [0.1, 0.15) is 12.1 Å². The van der Waals surface area contributed by atoms with Crippen molar-refractivity contribution in [1.29, 1.82) is 0 Å². The molecule has 2 amide bonds. The van der Waals surface area contributed by atoms with Gasteiger partial charge in [-0.2, -0.15) is 0 Å². The van der Waals surface area contributed by atoms with Crippen LogP contribution in [0.3, 0.4) is 0 Å². The zero-order valence-corrected chi connectivity index (χ0v) is 13.7. The van der Waals surface area contributed by atoms with Crippen LogP contribution in [0.5, 0.6) is 0 Å². The Morgan fingerprint density at radius 3 is 2.84 bits per heavy atom. The predicted octanol–water partition coefficient (Wildman–Crippen LogP) is 0.450. The number of rotatable bonds is 3. The van der Waals surface area contributed by atoms with Crippen LogP contribution in [0, 0.1) is 5.21 Å². The Hall–Kier alpha value is -2.70. The molecule has 0 spiro atoms. The molecule has 1 N–H and O–H groups in total. The van der Waals surface area contributed by atoms with Gasteiger partial charge in [0.25, 0.3) is 0 Å². The van der Waals surface area contributed by atoms with Gasteiger partial charge in [0, 0.05) is 18.5 Å². The van der Waals surface area contributed by atoms with Crippen LogP contribution in [0.1, 0.15) is 41.6 Å². The molecule has 1 aromatic carbocycles. The molecule has 3 aliphatic rings. The zero-order valence-electron chi connectivity index (χ0n) is 13.7. The van der Waals surface area contributed by atoms with Crippen molar-refractivity contribution >= 4 is 23.8 Å². The Balaban J connectivity index is 1.48. The van der Waals surface area contributed by atoms with Crippen LogP contribution in [0.15, 0.2) is 24.3 Å². The maximum absolute atomic E-state index is 12.6. The number of amides is 2. The number of fused-ring (bicyclic) bond motifs is 2. The number of nitrogens with zero attached hydrogens (tertiary/aromatic N) is 2. The van der Waals surface area contributed by atoms with Crippen LogP contribution < -0.4 is 5.32 Å². The fraction of sp³-hybridized carbons (Fsp3) is 0.444. The standard InChI is InChI=1S/C18H19N3O4/c22-16-12-5-2-1-4-11(12)10-21(25)14(16)8-7-13-18(24)20-9-3-6-15(20)17(23)19-13/h1-2,4-5,10,13-15H,3,6-9H2,(H,19,23)/t13-,14?,15?/m0/s1. The Bertz CT molecular complexity index is 788. The summed E-state index contributed by atoms with van der Waals surface area (Å²) >= 11 is 0. The first-order valence-electron chi connectivity index (χ1n) is 8.60. The lowest BCUT2D eigenvalue weighted by molar-refractivity contribution is -0.480. The van der Waals surface area contributed by atoms with Crippen molar-refractivity contribution in [2.75, 3.05) is 6.54 Å². The summed E-state index contributed by atoms with van der Waals surface area (Å²) in [7, 11) is 0. The molecule has 25 heavy (non-hydrogen) atoms. The summed E-state index contributed by atoms with van der Waals surface area (Å²) in [6.07, 6.45) is 3.45. The number of benzene rings is 1. The highest BCUT2D eigenvalue weighted by molar-refractivity contribution is 6.07. The van der Waals surface area contributed by atoms with Gasteiger partial charge in [-0.25, -0.2) is 4.74 Å². The molecule has 7 nitrogen and oxygen atoms in total. The number of piperazine rings is 1. The Morgan fingerprint density at radius 2 is 2.00 bits per heavy atom. The molecule has 3 atom stereocenters. The summed E-state index contributed by atoms with van der Waals surface area (Å²) < 4.78 is 0.665. The predicted molar refractivity (Wildman–Crippen MR) is 89.3 cm³/mol. The summed E-state index contributed by atoms with van der Waals surface area (Å²) in [5.41, 5.74) is 1.14. The second kappa shape index (κ2) is 5.98. The normalized spacial score (nSPS) is 28.3. The van der Waals surface area contributed by atoms with E-state index in [1.807, 2.05) is 0 Å². The Kier molecular flexibility index (Phi) is 3.78. The lowest BCUT2D eigenvalue weighted by atomic mass is 9.92. The monoisotopic (exact) mass is 341 g/mol. The van der Waals surface area contributed by atoms with Crippen LogP contribution in [0.2, 0.25) is 0 Å². The number of carbonyl (C=O) groups excluding carboxylic acids is 3. The smallest absolute Gasteiger partial charge is 0.245 e. The third kappa shape index (κ3) is 2.59. The highest BCUT2D eigenvalue weighted by Crippen LogP contribution is 2.25. The van der Waals surface area contributed by atoms with Crippen molar-refractivity contribution in [3.63, 3.8) is 0 Å². The number of Topliss-reactive ketones (excluding diaryl/α,β-unsaturated/α-hetero) is 1. The Morgan fingerprint density at radius 1 is 1.20 bits per heavy atom. The van der Waals surface area contributed by atoms with Crippen molar-refractivity contribution in [2.45, 2.75) is 43.8 Å². The lowest BCUT2D eigenvalue weighted by Gasteiger charge is -2.35. The molecule has 130 valence electrons. The summed E-state index contributed by atoms with van der Waals surface area (Å²) in [6, 6.07) is 5.12. The number of hydroxylamine groups is 1. The largest absolute Gasteiger partial charge is 0.623 e. The van der Waals surface area contributed by atoms with Crippen LogP contribution in [0.25, 0.3) is 0 Å². The van der Waals surface area contributed by atoms with Gasteiger partial charge in [-0.3, -0.25) is 14.4 Å². The van der Waals surface area contributed by atoms with E-state index in [9.17, 15) is 19.6 Å². The number of hydrogen-bond acceptors (Lipinski definition) is 4. The van der Waals surface area contributed by atoms with E-state index < -0.39 is 12.1 Å². The minimum Gasteiger partial charge on any atom is -0.623 e. The van der Waals surface area contributed by atoms with E-state index in [0.717, 1.165) is 6.42 Å². The average molecular weight is 341 g/mol. The van der Waals surface area contributed by atoms with E-state index in [1.165, 1.54) is 6.21 Å². The molecule has 2 fully saturated rings. The van der Waals surface area contributed by atoms with Crippen LogP contribution in [-0.2, 0) is 9.59 Å². The van der Waals surface area contributed by atoms with E-state index in [4.69, 9.17) is 0 Å². The van der Waals surface area contributed by atoms with Crippen LogP contribution >= 0.6 is 0 Å². The molecule has 0 aliphatic carbocycles. The van der Waals surface area contributed by atoms with E-state index in [0.29, 0.717) is 28.8 Å². The second-order valence-corrected chi connectivity index (χ2v) is 6.78. The van der Waals surface area contributed by atoms with Crippen molar-refractivity contribution in [1.82, 2.24) is 10.2 Å². The molecule has 0 aromatic heterocycles. The molecule has 0 bridgehead atoms. The van der Waals surface area contributed by atoms with E-state index in [2.05, 4.69) is 5.32 Å². The topological polar surface area (TPSA) is 92.5 Å². The van der Waals surface area contributed by atoms with Crippen molar-refractivity contribution in [3.8, 4) is 0 Å². The molecule has 2 saturated heterocycles.